The molecule has 0 aliphatic rings. The van der Waals surface area contributed by atoms with Crippen LogP contribution in [0.1, 0.15) is 9.88 Å². The maximum atomic E-state index is 11.5. The van der Waals surface area contributed by atoms with Crippen molar-refractivity contribution in [3.63, 3.8) is 0 Å². The maximum Gasteiger partial charge on any atom is 0.239 e. The van der Waals surface area contributed by atoms with E-state index >= 15 is 0 Å². The molecule has 3 N–H and O–H groups in total. The molecular formula is C12H21N5O2S. The molecule has 0 saturated carbocycles. The van der Waals surface area contributed by atoms with Gasteiger partial charge in [0.05, 0.1) is 19.7 Å². The van der Waals surface area contributed by atoms with Crippen LogP contribution < -0.4 is 16.0 Å². The fraction of sp³-hybridized carbons (Fsp3) is 0.583. The number of thiazole rings is 1. The number of carbonyl (C=O) groups excluding carboxylic acids is 1. The molecule has 1 amide bonds. The van der Waals surface area contributed by atoms with Crippen molar-refractivity contribution in [1.29, 1.82) is 0 Å². The number of carbonyl (C=O) groups is 1. The Bertz CT molecular complexity index is 447. The van der Waals surface area contributed by atoms with Crippen molar-refractivity contribution in [2.45, 2.75) is 13.5 Å². The van der Waals surface area contributed by atoms with Crippen LogP contribution in [0.15, 0.2) is 11.2 Å². The van der Waals surface area contributed by atoms with Crippen LogP contribution >= 0.6 is 11.3 Å². The van der Waals surface area contributed by atoms with Crippen molar-refractivity contribution < 1.29 is 9.53 Å². The summed E-state index contributed by atoms with van der Waals surface area (Å²) in [4.78, 5) is 21.0. The Morgan fingerprint density at radius 3 is 2.85 bits per heavy atom. The molecule has 0 aromatic carbocycles. The molecule has 0 bridgehead atoms. The molecule has 7 nitrogen and oxygen atoms in total. The highest BCUT2D eigenvalue weighted by Gasteiger charge is 2.04. The SMILES string of the molecule is CN=C(NCC(=O)NCCOC)NCc1ncc(C)s1. The van der Waals surface area contributed by atoms with Gasteiger partial charge in [-0.3, -0.25) is 9.79 Å². The normalized spacial score (nSPS) is 11.2. The first-order valence-corrected chi connectivity index (χ1v) is 7.08. The summed E-state index contributed by atoms with van der Waals surface area (Å²) in [7, 11) is 3.25. The number of nitrogens with one attached hydrogen (secondary N) is 3. The smallest absolute Gasteiger partial charge is 0.239 e. The number of amides is 1. The second-order valence-electron chi connectivity index (χ2n) is 3.99. The van der Waals surface area contributed by atoms with Gasteiger partial charge in [0.2, 0.25) is 5.91 Å². The van der Waals surface area contributed by atoms with Crippen molar-refractivity contribution in [3.8, 4) is 0 Å². The lowest BCUT2D eigenvalue weighted by atomic mass is 10.5. The number of methoxy groups -OCH3 is 1. The van der Waals surface area contributed by atoms with Crippen molar-refractivity contribution >= 4 is 23.2 Å². The first kappa shape index (κ1) is 16.4. The zero-order valence-electron chi connectivity index (χ0n) is 12.0. The first-order valence-electron chi connectivity index (χ1n) is 6.27. The highest BCUT2D eigenvalue weighted by atomic mass is 32.1. The van der Waals surface area contributed by atoms with E-state index in [1.807, 2.05) is 13.1 Å². The molecule has 0 atom stereocenters. The Labute approximate surface area is 122 Å². The summed E-state index contributed by atoms with van der Waals surface area (Å²) in [6.45, 7) is 3.77. The average Bonchev–Trinajstić information content (AvgIpc) is 2.85. The molecule has 1 heterocycles. The largest absolute Gasteiger partial charge is 0.383 e. The molecule has 0 spiro atoms. The first-order chi connectivity index (χ1) is 9.65. The van der Waals surface area contributed by atoms with E-state index < -0.39 is 0 Å². The molecule has 0 fully saturated rings. The molecule has 1 aromatic rings. The number of nitrogens with zero attached hydrogens (tertiary/aromatic N) is 2. The minimum Gasteiger partial charge on any atom is -0.383 e. The molecule has 8 heteroatoms. The molecule has 0 unspecified atom stereocenters. The second-order valence-corrected chi connectivity index (χ2v) is 5.31. The minimum absolute atomic E-state index is 0.102. The Morgan fingerprint density at radius 2 is 2.25 bits per heavy atom. The highest BCUT2D eigenvalue weighted by Crippen LogP contribution is 2.10. The van der Waals surface area contributed by atoms with Gasteiger partial charge in [-0.25, -0.2) is 4.98 Å². The summed E-state index contributed by atoms with van der Waals surface area (Å²) in [6, 6.07) is 0. The van der Waals surface area contributed by atoms with Gasteiger partial charge >= 0.3 is 0 Å². The van der Waals surface area contributed by atoms with Gasteiger partial charge in [-0.15, -0.1) is 11.3 Å². The summed E-state index contributed by atoms with van der Waals surface area (Å²) in [5.74, 6) is 0.467. The lowest BCUT2D eigenvalue weighted by Gasteiger charge is -2.10. The van der Waals surface area contributed by atoms with Crippen LogP contribution in [-0.2, 0) is 16.1 Å². The number of guanidine groups is 1. The molecule has 0 radical (unpaired) electrons. The fourth-order valence-corrected chi connectivity index (χ4v) is 2.11. The summed E-state index contributed by atoms with van der Waals surface area (Å²) in [6.07, 6.45) is 1.83. The fourth-order valence-electron chi connectivity index (χ4n) is 1.38. The predicted octanol–water partition coefficient (Wildman–Crippen LogP) is -0.121. The van der Waals surface area contributed by atoms with Crippen molar-refractivity contribution in [2.24, 2.45) is 4.99 Å². The van der Waals surface area contributed by atoms with Crippen molar-refractivity contribution in [1.82, 2.24) is 20.9 Å². The Balaban J connectivity index is 2.24. The number of aryl methyl sites for hydroxylation is 1. The molecule has 112 valence electrons. The van der Waals surface area contributed by atoms with Crippen LogP contribution in [0.3, 0.4) is 0 Å². The maximum absolute atomic E-state index is 11.5. The van der Waals surface area contributed by atoms with Gasteiger partial charge in [-0.05, 0) is 6.92 Å². The lowest BCUT2D eigenvalue weighted by Crippen LogP contribution is -2.43. The van der Waals surface area contributed by atoms with E-state index in [0.717, 1.165) is 5.01 Å². The van der Waals surface area contributed by atoms with Crippen LogP contribution in [0.5, 0.6) is 0 Å². The highest BCUT2D eigenvalue weighted by molar-refractivity contribution is 7.11. The van der Waals surface area contributed by atoms with Gasteiger partial charge in [0.1, 0.15) is 5.01 Å². The average molecular weight is 299 g/mol. The summed E-state index contributed by atoms with van der Waals surface area (Å²) in [5.41, 5.74) is 0. The number of ether oxygens (including phenoxy) is 1. The standard InChI is InChI=1S/C12H21N5O2S/c1-9-6-15-11(20-9)8-17-12(13-2)16-7-10(18)14-4-5-19-3/h6H,4-5,7-8H2,1-3H3,(H,14,18)(H2,13,16,17). The van der Waals surface area contributed by atoms with E-state index in [1.165, 1.54) is 4.88 Å². The second kappa shape index (κ2) is 9.27. The van der Waals surface area contributed by atoms with Crippen LogP contribution in [-0.4, -0.2) is 50.7 Å². The third-order valence-corrected chi connectivity index (χ3v) is 3.26. The molecule has 0 aliphatic carbocycles. The third kappa shape index (κ3) is 6.48. The zero-order valence-corrected chi connectivity index (χ0v) is 12.8. The summed E-state index contributed by atoms with van der Waals surface area (Å²) < 4.78 is 4.85. The van der Waals surface area contributed by atoms with Gasteiger partial charge in [-0.1, -0.05) is 0 Å². The topological polar surface area (TPSA) is 87.6 Å². The molecule has 20 heavy (non-hydrogen) atoms. The Morgan fingerprint density at radius 1 is 1.45 bits per heavy atom. The minimum atomic E-state index is -0.102. The molecule has 0 aliphatic heterocycles. The van der Waals surface area contributed by atoms with Crippen molar-refractivity contribution in [3.05, 3.63) is 16.1 Å². The lowest BCUT2D eigenvalue weighted by molar-refractivity contribution is -0.120. The quantitative estimate of drug-likeness (QED) is 0.371. The van der Waals surface area contributed by atoms with Crippen molar-refractivity contribution in [2.75, 3.05) is 33.9 Å². The van der Waals surface area contributed by atoms with Gasteiger partial charge in [0, 0.05) is 31.8 Å². The number of hydrogen-bond donors (Lipinski definition) is 3. The number of aromatic nitrogens is 1. The van der Waals surface area contributed by atoms with E-state index in [0.29, 0.717) is 25.7 Å². The molecular weight excluding hydrogens is 278 g/mol. The summed E-state index contributed by atoms with van der Waals surface area (Å²) >= 11 is 1.63. The van der Waals surface area contributed by atoms with Crippen LogP contribution in [0.2, 0.25) is 0 Å². The zero-order chi connectivity index (χ0) is 14.8. The number of rotatable bonds is 7. The Kier molecular flexibility index (Phi) is 7.59. The van der Waals surface area contributed by atoms with Crippen LogP contribution in [0.4, 0.5) is 0 Å². The summed E-state index contributed by atoms with van der Waals surface area (Å²) in [5, 5.41) is 9.74. The molecule has 0 saturated heterocycles. The van der Waals surface area contributed by atoms with E-state index in [9.17, 15) is 4.79 Å². The van der Waals surface area contributed by atoms with Gasteiger partial charge in [0.25, 0.3) is 0 Å². The molecule has 1 aromatic heterocycles. The van der Waals surface area contributed by atoms with Gasteiger partial charge in [0.15, 0.2) is 5.96 Å². The monoisotopic (exact) mass is 299 g/mol. The third-order valence-electron chi connectivity index (χ3n) is 2.34. The number of aliphatic imine (C=N–C) groups is 1. The Hall–Kier alpha value is -1.67. The van der Waals surface area contributed by atoms with Gasteiger partial charge in [-0.2, -0.15) is 0 Å². The van der Waals surface area contributed by atoms with Gasteiger partial charge < -0.3 is 20.7 Å². The number of hydrogen-bond acceptors (Lipinski definition) is 5. The van der Waals surface area contributed by atoms with Crippen LogP contribution in [0.25, 0.3) is 0 Å². The van der Waals surface area contributed by atoms with E-state index in [-0.39, 0.29) is 12.5 Å². The van der Waals surface area contributed by atoms with Crippen LogP contribution in [0, 0.1) is 6.92 Å². The predicted molar refractivity (Wildman–Crippen MR) is 79.9 cm³/mol. The van der Waals surface area contributed by atoms with E-state index in [1.54, 1.807) is 25.5 Å². The van der Waals surface area contributed by atoms with E-state index in [2.05, 4.69) is 25.9 Å². The molecule has 1 rings (SSSR count). The van der Waals surface area contributed by atoms with E-state index in [4.69, 9.17) is 4.74 Å².